The molecular weight excluding hydrogens is 187 g/mol. The minimum absolute atomic E-state index is 0.276. The monoisotopic (exact) mass is 208 g/mol. The lowest BCUT2D eigenvalue weighted by Gasteiger charge is -2.32. The molecule has 0 aromatic carbocycles. The molecule has 0 radical (unpaired) electrons. The molecule has 84 valence electrons. The highest BCUT2D eigenvalue weighted by atomic mass is 16.7. The van der Waals surface area contributed by atoms with E-state index in [-0.39, 0.29) is 18.3 Å². The van der Waals surface area contributed by atoms with Crippen LogP contribution >= 0.6 is 0 Å². The van der Waals surface area contributed by atoms with E-state index in [0.29, 0.717) is 0 Å². The molecule has 0 aromatic rings. The van der Waals surface area contributed by atoms with Crippen molar-refractivity contribution in [1.29, 1.82) is 0 Å². The lowest BCUT2D eigenvalue weighted by molar-refractivity contribution is 0.00578. The van der Waals surface area contributed by atoms with Crippen LogP contribution in [-0.4, -0.2) is 18.3 Å². The van der Waals surface area contributed by atoms with Crippen molar-refractivity contribution in [2.75, 3.05) is 0 Å². The number of rotatable bonds is 2. The Balaban J connectivity index is 2.92. The zero-order chi connectivity index (χ0) is 11.9. The van der Waals surface area contributed by atoms with Gasteiger partial charge in [-0.15, -0.1) is 0 Å². The molecule has 0 aromatic heterocycles. The smallest absolute Gasteiger partial charge is 0.399 e. The van der Waals surface area contributed by atoms with Gasteiger partial charge in [0, 0.05) is 0 Å². The minimum atomic E-state index is -0.280. The Kier molecular flexibility index (Phi) is 3.18. The van der Waals surface area contributed by atoms with E-state index in [9.17, 15) is 0 Å². The minimum Gasteiger partial charge on any atom is -0.399 e. The lowest BCUT2D eigenvalue weighted by Crippen LogP contribution is -2.41. The molecule has 1 aliphatic rings. The van der Waals surface area contributed by atoms with Crippen LogP contribution < -0.4 is 0 Å². The van der Waals surface area contributed by atoms with Crippen LogP contribution in [0, 0.1) is 0 Å². The summed E-state index contributed by atoms with van der Waals surface area (Å²) in [6.07, 6.45) is 2.00. The molecule has 0 atom stereocenters. The van der Waals surface area contributed by atoms with Gasteiger partial charge >= 0.3 is 7.12 Å². The van der Waals surface area contributed by atoms with Gasteiger partial charge in [0.2, 0.25) is 0 Å². The first-order valence-corrected chi connectivity index (χ1v) is 5.39. The van der Waals surface area contributed by atoms with Crippen LogP contribution in [0.15, 0.2) is 23.7 Å². The summed E-state index contributed by atoms with van der Waals surface area (Å²) in [5.74, 6) is 0. The Morgan fingerprint density at radius 2 is 1.53 bits per heavy atom. The van der Waals surface area contributed by atoms with Crippen molar-refractivity contribution >= 4 is 7.12 Å². The van der Waals surface area contributed by atoms with Crippen molar-refractivity contribution in [2.24, 2.45) is 0 Å². The van der Waals surface area contributed by atoms with Crippen LogP contribution in [0.25, 0.3) is 0 Å². The predicted molar refractivity (Wildman–Crippen MR) is 64.7 cm³/mol. The van der Waals surface area contributed by atoms with Gasteiger partial charge in [0.15, 0.2) is 0 Å². The van der Waals surface area contributed by atoms with Gasteiger partial charge in [-0.2, -0.15) is 0 Å². The molecule has 0 aliphatic carbocycles. The normalized spacial score (nSPS) is 24.4. The zero-order valence-corrected chi connectivity index (χ0v) is 10.7. The molecular formula is C12H21BO2. The Morgan fingerprint density at radius 3 is 1.80 bits per heavy atom. The summed E-state index contributed by atoms with van der Waals surface area (Å²) in [6, 6.07) is 0. The Hall–Kier alpha value is -0.535. The molecule has 0 N–H and O–H groups in total. The predicted octanol–water partition coefficient (Wildman–Crippen LogP) is 3.14. The van der Waals surface area contributed by atoms with Crippen LogP contribution in [-0.2, 0) is 9.31 Å². The molecule has 1 rings (SSSR count). The summed E-state index contributed by atoms with van der Waals surface area (Å²) in [6.45, 7) is 16.1. The highest BCUT2D eigenvalue weighted by molar-refractivity contribution is 6.56. The van der Waals surface area contributed by atoms with Crippen molar-refractivity contribution in [3.63, 3.8) is 0 Å². The Labute approximate surface area is 93.5 Å². The molecule has 15 heavy (non-hydrogen) atoms. The van der Waals surface area contributed by atoms with Gasteiger partial charge in [-0.1, -0.05) is 18.2 Å². The van der Waals surface area contributed by atoms with Crippen molar-refractivity contribution < 1.29 is 9.31 Å². The second kappa shape index (κ2) is 3.80. The van der Waals surface area contributed by atoms with Crippen LogP contribution in [0.4, 0.5) is 0 Å². The second-order valence-corrected chi connectivity index (χ2v) is 5.11. The summed E-state index contributed by atoms with van der Waals surface area (Å²) in [5.41, 5.74) is 1.48. The van der Waals surface area contributed by atoms with E-state index in [1.165, 1.54) is 0 Å². The molecule has 1 fully saturated rings. The molecule has 0 saturated carbocycles. The third-order valence-electron chi connectivity index (χ3n) is 3.31. The maximum absolute atomic E-state index is 5.93. The zero-order valence-electron chi connectivity index (χ0n) is 10.7. The average Bonchev–Trinajstić information content (AvgIpc) is 2.21. The van der Waals surface area contributed by atoms with E-state index in [4.69, 9.17) is 9.31 Å². The van der Waals surface area contributed by atoms with Gasteiger partial charge in [-0.05, 0) is 47.0 Å². The molecule has 3 heteroatoms. The third kappa shape index (κ3) is 2.18. The fourth-order valence-electron chi connectivity index (χ4n) is 1.55. The summed E-state index contributed by atoms with van der Waals surface area (Å²) >= 11 is 0. The molecule has 0 unspecified atom stereocenters. The van der Waals surface area contributed by atoms with E-state index in [2.05, 4.69) is 34.3 Å². The van der Waals surface area contributed by atoms with Crippen LogP contribution in [0.5, 0.6) is 0 Å². The number of hydrogen-bond donors (Lipinski definition) is 0. The van der Waals surface area contributed by atoms with E-state index in [1.54, 1.807) is 0 Å². The summed E-state index contributed by atoms with van der Waals surface area (Å²) in [7, 11) is -0.280. The van der Waals surface area contributed by atoms with Gasteiger partial charge in [-0.3, -0.25) is 0 Å². The van der Waals surface area contributed by atoms with Gasteiger partial charge in [0.25, 0.3) is 0 Å². The van der Waals surface area contributed by atoms with Crippen LogP contribution in [0.3, 0.4) is 0 Å². The fourth-order valence-corrected chi connectivity index (χ4v) is 1.55. The quantitative estimate of drug-likeness (QED) is 0.512. The van der Waals surface area contributed by atoms with Gasteiger partial charge in [0.05, 0.1) is 11.2 Å². The number of hydrogen-bond acceptors (Lipinski definition) is 2. The molecule has 0 amide bonds. The third-order valence-corrected chi connectivity index (χ3v) is 3.31. The fraction of sp³-hybridized carbons (Fsp3) is 0.667. The van der Waals surface area contributed by atoms with Crippen LogP contribution in [0.1, 0.15) is 41.5 Å². The van der Waals surface area contributed by atoms with Crippen LogP contribution in [0.2, 0.25) is 0 Å². The SMILES string of the molecule is C=C(C)/C(=C\C)B1OC(C)(C)C(C)(C)O1. The topological polar surface area (TPSA) is 18.5 Å². The van der Waals surface area contributed by atoms with E-state index in [1.807, 2.05) is 19.9 Å². The maximum atomic E-state index is 5.93. The first-order valence-electron chi connectivity index (χ1n) is 5.39. The average molecular weight is 208 g/mol. The van der Waals surface area contributed by atoms with E-state index in [0.717, 1.165) is 11.0 Å². The summed E-state index contributed by atoms with van der Waals surface area (Å²) in [5, 5.41) is 0. The van der Waals surface area contributed by atoms with E-state index >= 15 is 0 Å². The maximum Gasteiger partial charge on any atom is 0.494 e. The Morgan fingerprint density at radius 1 is 1.13 bits per heavy atom. The number of allylic oxidation sites excluding steroid dienone is 3. The van der Waals surface area contributed by atoms with Gasteiger partial charge < -0.3 is 9.31 Å². The van der Waals surface area contributed by atoms with Crippen molar-refractivity contribution in [1.82, 2.24) is 0 Å². The molecule has 1 saturated heterocycles. The lowest BCUT2D eigenvalue weighted by atomic mass is 9.74. The van der Waals surface area contributed by atoms with Gasteiger partial charge in [-0.25, -0.2) is 0 Å². The van der Waals surface area contributed by atoms with Gasteiger partial charge in [0.1, 0.15) is 0 Å². The molecule has 0 bridgehead atoms. The highest BCUT2D eigenvalue weighted by Crippen LogP contribution is 2.39. The largest absolute Gasteiger partial charge is 0.494 e. The summed E-state index contributed by atoms with van der Waals surface area (Å²) < 4.78 is 11.9. The molecule has 2 nitrogen and oxygen atoms in total. The summed E-state index contributed by atoms with van der Waals surface area (Å²) in [4.78, 5) is 0. The standard InChI is InChI=1S/C12H21BO2/c1-8-10(9(2)3)13-14-11(4,5)12(6,7)15-13/h8H,2H2,1,3-7H3/b10-8+. The first kappa shape index (κ1) is 12.5. The second-order valence-electron chi connectivity index (χ2n) is 5.11. The molecule has 1 heterocycles. The molecule has 1 aliphatic heterocycles. The highest BCUT2D eigenvalue weighted by Gasteiger charge is 2.52. The van der Waals surface area contributed by atoms with E-state index < -0.39 is 0 Å². The Bertz CT molecular complexity index is 287. The molecule has 0 spiro atoms. The van der Waals surface area contributed by atoms with Crippen molar-refractivity contribution in [3.8, 4) is 0 Å². The van der Waals surface area contributed by atoms with Crippen molar-refractivity contribution in [3.05, 3.63) is 23.7 Å². The van der Waals surface area contributed by atoms with Crippen molar-refractivity contribution in [2.45, 2.75) is 52.7 Å². The first-order chi connectivity index (χ1) is 6.71.